The van der Waals surface area contributed by atoms with Crippen LogP contribution in [0.25, 0.3) is 11.3 Å². The maximum Gasteiger partial charge on any atom is 0.194 e. The minimum Gasteiger partial charge on any atom is -0.394 e. The second-order valence-electron chi connectivity index (χ2n) is 8.75. The van der Waals surface area contributed by atoms with Gasteiger partial charge in [-0.3, -0.25) is 0 Å². The smallest absolute Gasteiger partial charge is 0.194 e. The van der Waals surface area contributed by atoms with Crippen molar-refractivity contribution < 1.29 is 28.1 Å². The van der Waals surface area contributed by atoms with E-state index in [1.165, 1.54) is 10.9 Å². The van der Waals surface area contributed by atoms with Crippen molar-refractivity contribution in [1.29, 1.82) is 0 Å². The first-order valence-corrected chi connectivity index (χ1v) is 12.1. The maximum atomic E-state index is 13.7. The summed E-state index contributed by atoms with van der Waals surface area (Å²) in [4.78, 5) is 8.89. The molecule has 0 amide bonds. The fraction of sp³-hybridized carbons (Fsp3) is 0.333. The summed E-state index contributed by atoms with van der Waals surface area (Å²) < 4.78 is 48.0. The minimum atomic E-state index is -1.60. The van der Waals surface area contributed by atoms with E-state index in [1.54, 1.807) is 26.0 Å². The van der Waals surface area contributed by atoms with E-state index in [0.29, 0.717) is 16.3 Å². The molecule has 202 valence electrons. The summed E-state index contributed by atoms with van der Waals surface area (Å²) in [7, 11) is 0. The third-order valence-electron chi connectivity index (χ3n) is 5.93. The van der Waals surface area contributed by atoms with Crippen LogP contribution in [0.2, 0.25) is 10.0 Å². The number of benzene rings is 2. The molecule has 0 aliphatic carbocycles. The Morgan fingerprint density at radius 1 is 1.18 bits per heavy atom. The minimum absolute atomic E-state index is 0.0368. The van der Waals surface area contributed by atoms with Crippen LogP contribution in [0, 0.1) is 24.4 Å². The van der Waals surface area contributed by atoms with Crippen molar-refractivity contribution in [2.24, 2.45) is 15.7 Å². The van der Waals surface area contributed by atoms with Crippen molar-refractivity contribution in [1.82, 2.24) is 15.0 Å². The summed E-state index contributed by atoms with van der Waals surface area (Å²) >= 11 is 12.2. The van der Waals surface area contributed by atoms with Gasteiger partial charge in [0.05, 0.1) is 40.4 Å². The van der Waals surface area contributed by atoms with Crippen LogP contribution >= 0.6 is 23.2 Å². The Kier molecular flexibility index (Phi) is 8.38. The predicted octanol–water partition coefficient (Wildman–Crippen LogP) is 4.14. The zero-order chi connectivity index (χ0) is 27.7. The number of aliphatic hydroxyl groups is 2. The van der Waals surface area contributed by atoms with Crippen LogP contribution in [0.3, 0.4) is 0 Å². The highest BCUT2D eigenvalue weighted by Crippen LogP contribution is 2.34. The number of halogens is 5. The van der Waals surface area contributed by atoms with Gasteiger partial charge in [-0.15, -0.1) is 5.10 Å². The largest absolute Gasteiger partial charge is 0.394 e. The molecule has 0 saturated carbocycles. The molecular weight excluding hydrogens is 548 g/mol. The van der Waals surface area contributed by atoms with E-state index >= 15 is 0 Å². The first-order chi connectivity index (χ1) is 18.0. The Labute approximate surface area is 225 Å². The number of ether oxygens (including phenoxy) is 1. The molecule has 0 spiro atoms. The van der Waals surface area contributed by atoms with Crippen molar-refractivity contribution >= 4 is 40.6 Å². The lowest BCUT2D eigenvalue weighted by molar-refractivity contribution is -0.137. The van der Waals surface area contributed by atoms with E-state index in [9.17, 15) is 23.4 Å². The summed E-state index contributed by atoms with van der Waals surface area (Å²) in [5.41, 5.74) is 6.98. The zero-order valence-corrected chi connectivity index (χ0v) is 21.6. The van der Waals surface area contributed by atoms with E-state index < -0.39 is 48.4 Å². The van der Waals surface area contributed by atoms with Crippen LogP contribution in [0.1, 0.15) is 24.9 Å². The summed E-state index contributed by atoms with van der Waals surface area (Å²) in [5, 5.41) is 29.3. The van der Waals surface area contributed by atoms with Gasteiger partial charge >= 0.3 is 0 Å². The van der Waals surface area contributed by atoms with Gasteiger partial charge < -0.3 is 20.7 Å². The Hall–Kier alpha value is -3.03. The van der Waals surface area contributed by atoms with Gasteiger partial charge in [-0.25, -0.2) is 27.8 Å². The topological polar surface area (TPSA) is 131 Å². The van der Waals surface area contributed by atoms with Gasteiger partial charge in [0.2, 0.25) is 0 Å². The summed E-state index contributed by atoms with van der Waals surface area (Å²) in [6.07, 6.45) is -1.79. The summed E-state index contributed by atoms with van der Waals surface area (Å²) in [6, 6.07) is 3.95. The molecule has 14 heteroatoms. The Bertz CT molecular complexity index is 1390. The molecule has 1 fully saturated rings. The first-order valence-electron chi connectivity index (χ1n) is 11.3. The molecule has 4 rings (SSSR count). The molecule has 4 unspecified atom stereocenters. The normalized spacial score (nSPS) is 22.7. The van der Waals surface area contributed by atoms with Crippen LogP contribution in [0.4, 0.5) is 18.9 Å². The molecule has 1 aliphatic heterocycles. The van der Waals surface area contributed by atoms with Gasteiger partial charge in [-0.05, 0) is 43.7 Å². The Balaban J connectivity index is 1.71. The third-order valence-corrected chi connectivity index (χ3v) is 6.65. The quantitative estimate of drug-likeness (QED) is 0.240. The van der Waals surface area contributed by atoms with Crippen LogP contribution in [0.5, 0.6) is 0 Å². The molecular formula is C24H23Cl2F3N6O3. The van der Waals surface area contributed by atoms with Crippen LogP contribution in [-0.4, -0.2) is 61.8 Å². The Morgan fingerprint density at radius 2 is 1.84 bits per heavy atom. The number of amidine groups is 2. The van der Waals surface area contributed by atoms with Gasteiger partial charge in [0.15, 0.2) is 23.3 Å². The molecule has 3 aromatic rings. The SMILES string of the molecule is CC(N)=NC(=Nc1cc(Cl)c(Cl)cc1C)C1CC(n2cc(-c3cc(F)c(F)c(F)c3)nn2)C(O)C(CO)O1. The number of aryl methyl sites for hydroxylation is 1. The zero-order valence-electron chi connectivity index (χ0n) is 20.1. The number of nitrogens with two attached hydrogens (primary N) is 1. The van der Waals surface area contributed by atoms with Crippen LogP contribution in [-0.2, 0) is 4.74 Å². The van der Waals surface area contributed by atoms with Gasteiger partial charge in [0.1, 0.15) is 24.0 Å². The molecule has 0 bridgehead atoms. The molecule has 1 saturated heterocycles. The molecule has 2 heterocycles. The molecule has 38 heavy (non-hydrogen) atoms. The monoisotopic (exact) mass is 570 g/mol. The predicted molar refractivity (Wildman–Crippen MR) is 136 cm³/mol. The van der Waals surface area contributed by atoms with Crippen LogP contribution in [0.15, 0.2) is 40.4 Å². The van der Waals surface area contributed by atoms with Gasteiger partial charge in [-0.2, -0.15) is 0 Å². The van der Waals surface area contributed by atoms with Crippen LogP contribution < -0.4 is 5.73 Å². The number of aromatic nitrogens is 3. The second-order valence-corrected chi connectivity index (χ2v) is 9.57. The highest BCUT2D eigenvalue weighted by Gasteiger charge is 2.41. The number of hydrogen-bond donors (Lipinski definition) is 3. The lowest BCUT2D eigenvalue weighted by Gasteiger charge is -2.38. The number of aliphatic hydroxyl groups excluding tert-OH is 2. The lowest BCUT2D eigenvalue weighted by Crippen LogP contribution is -2.50. The average molecular weight is 571 g/mol. The maximum absolute atomic E-state index is 13.7. The van der Waals surface area contributed by atoms with E-state index in [-0.39, 0.29) is 34.4 Å². The molecule has 9 nitrogen and oxygen atoms in total. The van der Waals surface area contributed by atoms with E-state index in [2.05, 4.69) is 20.3 Å². The van der Waals surface area contributed by atoms with Gasteiger partial charge in [0.25, 0.3) is 0 Å². The number of rotatable bonds is 5. The fourth-order valence-electron chi connectivity index (χ4n) is 4.04. The van der Waals surface area contributed by atoms with Crippen molar-refractivity contribution in [2.45, 2.75) is 44.6 Å². The number of aliphatic imine (C=N–C) groups is 2. The lowest BCUT2D eigenvalue weighted by atomic mass is 9.95. The van der Waals surface area contributed by atoms with Crippen molar-refractivity contribution in [3.8, 4) is 11.3 Å². The standard InChI is InChI=1S/C24H23Cl2F3N6O3/c1-10-3-13(25)14(26)6-17(10)32-24(31-11(2)30)20-7-19(23(37)21(9-36)38-20)35-8-18(33-34-35)12-4-15(27)22(29)16(28)5-12/h3-6,8,19-21,23,36-37H,7,9H2,1-2H3,(H2,30,31,32). The first kappa shape index (κ1) is 28.0. The van der Waals surface area contributed by atoms with Gasteiger partial charge in [0, 0.05) is 12.0 Å². The number of nitrogens with zero attached hydrogens (tertiary/aromatic N) is 5. The second kappa shape index (κ2) is 11.4. The highest BCUT2D eigenvalue weighted by molar-refractivity contribution is 6.42. The molecule has 2 aromatic carbocycles. The molecule has 1 aliphatic rings. The molecule has 1 aromatic heterocycles. The van der Waals surface area contributed by atoms with E-state index in [1.807, 2.05) is 0 Å². The van der Waals surface area contributed by atoms with Crippen molar-refractivity contribution in [3.05, 3.63) is 63.5 Å². The molecule has 4 N–H and O–H groups in total. The van der Waals surface area contributed by atoms with E-state index in [4.69, 9.17) is 33.7 Å². The van der Waals surface area contributed by atoms with Gasteiger partial charge in [-0.1, -0.05) is 28.4 Å². The third kappa shape index (κ3) is 5.84. The number of hydrogen-bond acceptors (Lipinski definition) is 6. The highest BCUT2D eigenvalue weighted by atomic mass is 35.5. The summed E-state index contributed by atoms with van der Waals surface area (Å²) in [6.45, 7) is 2.79. The average Bonchev–Trinajstić information content (AvgIpc) is 3.35. The molecule has 0 radical (unpaired) electrons. The summed E-state index contributed by atoms with van der Waals surface area (Å²) in [5.74, 6) is -4.04. The van der Waals surface area contributed by atoms with Crippen molar-refractivity contribution in [2.75, 3.05) is 6.61 Å². The van der Waals surface area contributed by atoms with E-state index in [0.717, 1.165) is 12.1 Å². The molecule has 4 atom stereocenters. The fourth-order valence-corrected chi connectivity index (χ4v) is 4.42. The van der Waals surface area contributed by atoms with Crippen molar-refractivity contribution in [3.63, 3.8) is 0 Å². The Morgan fingerprint density at radius 3 is 2.47 bits per heavy atom.